The van der Waals surface area contributed by atoms with Crippen molar-refractivity contribution in [3.8, 4) is 0 Å². The van der Waals surface area contributed by atoms with Gasteiger partial charge >= 0.3 is 5.97 Å². The predicted molar refractivity (Wildman–Crippen MR) is 63.7 cm³/mol. The van der Waals surface area contributed by atoms with Crippen LogP contribution in [0.1, 0.15) is 28.4 Å². The van der Waals surface area contributed by atoms with Crippen molar-refractivity contribution in [2.75, 3.05) is 12.9 Å². The van der Waals surface area contributed by atoms with E-state index in [-0.39, 0.29) is 5.97 Å². The molecule has 0 aromatic heterocycles. The van der Waals surface area contributed by atoms with Crippen molar-refractivity contribution in [1.29, 1.82) is 0 Å². The lowest BCUT2D eigenvalue weighted by atomic mass is 10.1. The van der Waals surface area contributed by atoms with Crippen LogP contribution in [0, 0.1) is 13.8 Å². The fourth-order valence-electron chi connectivity index (χ4n) is 1.56. The number of esters is 1. The first-order chi connectivity index (χ1) is 7.10. The second-order valence-electron chi connectivity index (χ2n) is 3.36. The molecule has 3 heteroatoms. The third-order valence-electron chi connectivity index (χ3n) is 2.17. The third-order valence-corrected chi connectivity index (χ3v) is 3.39. The number of carbonyl (C=O) groups is 1. The van der Waals surface area contributed by atoms with E-state index in [9.17, 15) is 4.79 Å². The molecule has 0 N–H and O–H groups in total. The first-order valence-corrected chi connectivity index (χ1v) is 5.91. The van der Waals surface area contributed by atoms with Crippen LogP contribution in [-0.2, 0) is 4.74 Å². The lowest BCUT2D eigenvalue weighted by Gasteiger charge is -2.10. The van der Waals surface area contributed by atoms with Crippen molar-refractivity contribution in [3.05, 3.63) is 28.8 Å². The van der Waals surface area contributed by atoms with E-state index in [4.69, 9.17) is 4.74 Å². The summed E-state index contributed by atoms with van der Waals surface area (Å²) in [6.07, 6.45) is 0. The van der Waals surface area contributed by atoms with Crippen LogP contribution in [0.4, 0.5) is 0 Å². The molecular weight excluding hydrogens is 208 g/mol. The van der Waals surface area contributed by atoms with Gasteiger partial charge in [0, 0.05) is 4.90 Å². The molecule has 0 aliphatic rings. The zero-order valence-electron chi connectivity index (χ0n) is 9.59. The Balaban J connectivity index is 3.13. The molecule has 0 fully saturated rings. The van der Waals surface area contributed by atoms with Crippen LogP contribution >= 0.6 is 11.8 Å². The number of ether oxygens (including phenoxy) is 1. The first kappa shape index (κ1) is 12.1. The maximum Gasteiger partial charge on any atom is 0.337 e. The minimum absolute atomic E-state index is 0.269. The van der Waals surface area contributed by atoms with Crippen molar-refractivity contribution in [1.82, 2.24) is 0 Å². The molecule has 0 spiro atoms. The van der Waals surface area contributed by atoms with Crippen LogP contribution in [0.15, 0.2) is 17.0 Å². The maximum absolute atomic E-state index is 11.4. The van der Waals surface area contributed by atoms with Crippen LogP contribution in [0.3, 0.4) is 0 Å². The van der Waals surface area contributed by atoms with E-state index in [0.29, 0.717) is 5.56 Å². The van der Waals surface area contributed by atoms with E-state index >= 15 is 0 Å². The van der Waals surface area contributed by atoms with Gasteiger partial charge in [-0.15, -0.1) is 11.8 Å². The van der Waals surface area contributed by atoms with E-state index in [1.807, 2.05) is 26.0 Å². The van der Waals surface area contributed by atoms with E-state index in [0.717, 1.165) is 16.9 Å². The van der Waals surface area contributed by atoms with Crippen molar-refractivity contribution in [3.63, 3.8) is 0 Å². The van der Waals surface area contributed by atoms with Gasteiger partial charge < -0.3 is 4.74 Å². The highest BCUT2D eigenvalue weighted by atomic mass is 32.2. The molecule has 1 aromatic carbocycles. The molecule has 0 saturated heterocycles. The van der Waals surface area contributed by atoms with Gasteiger partial charge in [0.05, 0.1) is 12.7 Å². The smallest absolute Gasteiger partial charge is 0.337 e. The minimum atomic E-state index is -0.269. The molecule has 0 unspecified atom stereocenters. The number of methoxy groups -OCH3 is 1. The molecule has 0 heterocycles. The maximum atomic E-state index is 11.4. The van der Waals surface area contributed by atoms with E-state index in [1.165, 1.54) is 12.0 Å². The summed E-state index contributed by atoms with van der Waals surface area (Å²) in [7, 11) is 1.40. The molecule has 0 radical (unpaired) electrons. The Hall–Kier alpha value is -0.960. The standard InChI is InChI=1S/C12H16O2S/c1-5-15-11-8(2)6-10(7-9(11)3)12(13)14-4/h6-7H,5H2,1-4H3. The second-order valence-corrected chi connectivity index (χ2v) is 4.64. The van der Waals surface area contributed by atoms with Gasteiger partial charge in [-0.1, -0.05) is 6.92 Å². The summed E-state index contributed by atoms with van der Waals surface area (Å²) in [5.41, 5.74) is 2.91. The summed E-state index contributed by atoms with van der Waals surface area (Å²) in [6.45, 7) is 6.17. The number of benzene rings is 1. The molecule has 15 heavy (non-hydrogen) atoms. The highest BCUT2D eigenvalue weighted by Crippen LogP contribution is 2.27. The molecule has 0 atom stereocenters. The van der Waals surface area contributed by atoms with Gasteiger partial charge in [0.25, 0.3) is 0 Å². The Morgan fingerprint density at radius 2 is 1.87 bits per heavy atom. The molecule has 0 aliphatic carbocycles. The minimum Gasteiger partial charge on any atom is -0.465 e. The number of hydrogen-bond donors (Lipinski definition) is 0. The van der Waals surface area contributed by atoms with Crippen LogP contribution in [0.25, 0.3) is 0 Å². The highest BCUT2D eigenvalue weighted by Gasteiger charge is 2.10. The number of thioether (sulfide) groups is 1. The molecular formula is C12H16O2S. The van der Waals surface area contributed by atoms with Crippen LogP contribution in [0.5, 0.6) is 0 Å². The van der Waals surface area contributed by atoms with E-state index in [2.05, 4.69) is 6.92 Å². The highest BCUT2D eigenvalue weighted by molar-refractivity contribution is 7.99. The Morgan fingerprint density at radius 1 is 1.33 bits per heavy atom. The van der Waals surface area contributed by atoms with Crippen LogP contribution in [0.2, 0.25) is 0 Å². The van der Waals surface area contributed by atoms with Crippen molar-refractivity contribution in [2.24, 2.45) is 0 Å². The van der Waals surface area contributed by atoms with Gasteiger partial charge in [-0.05, 0) is 42.9 Å². The van der Waals surface area contributed by atoms with Gasteiger partial charge in [0.15, 0.2) is 0 Å². The summed E-state index contributed by atoms with van der Waals surface area (Å²) < 4.78 is 4.70. The van der Waals surface area contributed by atoms with Crippen LogP contribution in [-0.4, -0.2) is 18.8 Å². The lowest BCUT2D eigenvalue weighted by molar-refractivity contribution is 0.0600. The SMILES string of the molecule is CCSc1c(C)cc(C(=O)OC)cc1C. The fraction of sp³-hybridized carbons (Fsp3) is 0.417. The summed E-state index contributed by atoms with van der Waals surface area (Å²) in [5.74, 6) is 0.772. The summed E-state index contributed by atoms with van der Waals surface area (Å²) in [6, 6.07) is 3.77. The van der Waals surface area contributed by atoms with Gasteiger partial charge in [0.1, 0.15) is 0 Å². The Labute approximate surface area is 95.0 Å². The Kier molecular flexibility index (Phi) is 4.21. The van der Waals surface area contributed by atoms with E-state index in [1.54, 1.807) is 11.8 Å². The molecule has 0 bridgehead atoms. The summed E-state index contributed by atoms with van der Waals surface area (Å²) >= 11 is 1.80. The van der Waals surface area contributed by atoms with Gasteiger partial charge in [-0.2, -0.15) is 0 Å². The normalized spacial score (nSPS) is 10.1. The lowest BCUT2D eigenvalue weighted by Crippen LogP contribution is -2.03. The molecule has 2 nitrogen and oxygen atoms in total. The van der Waals surface area contributed by atoms with Gasteiger partial charge in [-0.25, -0.2) is 4.79 Å². The first-order valence-electron chi connectivity index (χ1n) is 4.92. The number of hydrogen-bond acceptors (Lipinski definition) is 3. The number of aryl methyl sites for hydroxylation is 2. The van der Waals surface area contributed by atoms with Crippen molar-refractivity contribution >= 4 is 17.7 Å². The molecule has 1 aromatic rings. The fourth-order valence-corrected chi connectivity index (χ4v) is 2.42. The summed E-state index contributed by atoms with van der Waals surface area (Å²) in [5, 5.41) is 0. The largest absolute Gasteiger partial charge is 0.465 e. The van der Waals surface area contributed by atoms with Gasteiger partial charge in [-0.3, -0.25) is 0 Å². The average molecular weight is 224 g/mol. The molecule has 0 saturated carbocycles. The van der Waals surface area contributed by atoms with Gasteiger partial charge in [0.2, 0.25) is 0 Å². The zero-order valence-corrected chi connectivity index (χ0v) is 10.4. The molecule has 1 rings (SSSR count). The number of rotatable bonds is 3. The summed E-state index contributed by atoms with van der Waals surface area (Å²) in [4.78, 5) is 12.6. The third kappa shape index (κ3) is 2.75. The van der Waals surface area contributed by atoms with E-state index < -0.39 is 0 Å². The van der Waals surface area contributed by atoms with Crippen molar-refractivity contribution in [2.45, 2.75) is 25.7 Å². The van der Waals surface area contributed by atoms with Crippen LogP contribution < -0.4 is 0 Å². The Bertz CT molecular complexity index is 349. The zero-order chi connectivity index (χ0) is 11.4. The molecule has 82 valence electrons. The Morgan fingerprint density at radius 3 is 2.27 bits per heavy atom. The van der Waals surface area contributed by atoms with Crippen molar-refractivity contribution < 1.29 is 9.53 Å². The average Bonchev–Trinajstić information content (AvgIpc) is 2.22. The predicted octanol–water partition coefficient (Wildman–Crippen LogP) is 3.20. The quantitative estimate of drug-likeness (QED) is 0.582. The second kappa shape index (κ2) is 5.21. The number of carbonyl (C=O) groups excluding carboxylic acids is 1. The topological polar surface area (TPSA) is 26.3 Å². The molecule has 0 amide bonds. The molecule has 0 aliphatic heterocycles. The monoisotopic (exact) mass is 224 g/mol.